The van der Waals surface area contributed by atoms with E-state index in [-0.39, 0.29) is 0 Å². The van der Waals surface area contributed by atoms with Crippen LogP contribution in [-0.2, 0) is 11.2 Å². The largest absolute Gasteiger partial charge is 0.379 e. The van der Waals surface area contributed by atoms with E-state index < -0.39 is 5.95 Å². The summed E-state index contributed by atoms with van der Waals surface area (Å²) < 4.78 is 19.6. The molecule has 0 aromatic carbocycles. The molecule has 0 atom stereocenters. The minimum atomic E-state index is -0.490. The molecule has 1 saturated heterocycles. The van der Waals surface area contributed by atoms with Gasteiger partial charge in [-0.2, -0.15) is 4.39 Å². The Hall–Kier alpha value is -1.57. The topological polar surface area (TPSA) is 51.1 Å². The summed E-state index contributed by atoms with van der Waals surface area (Å²) >= 11 is 1.52. The van der Waals surface area contributed by atoms with Gasteiger partial charge in [-0.1, -0.05) is 0 Å². The molecule has 0 amide bonds. The first-order valence-corrected chi connectivity index (χ1v) is 9.23. The van der Waals surface area contributed by atoms with E-state index in [9.17, 15) is 4.39 Å². The van der Waals surface area contributed by atoms with Crippen LogP contribution >= 0.6 is 11.8 Å². The second-order valence-corrected chi connectivity index (χ2v) is 6.56. The third kappa shape index (κ3) is 4.28. The van der Waals surface area contributed by atoms with Crippen LogP contribution in [0.2, 0.25) is 0 Å². The van der Waals surface area contributed by atoms with Crippen molar-refractivity contribution in [1.29, 1.82) is 0 Å². The van der Waals surface area contributed by atoms with Gasteiger partial charge in [0.25, 0.3) is 0 Å². The summed E-state index contributed by atoms with van der Waals surface area (Å²) in [6, 6.07) is 3.66. The first kappa shape index (κ1) is 17.3. The quantitative estimate of drug-likeness (QED) is 0.470. The van der Waals surface area contributed by atoms with Crippen molar-refractivity contribution in [3.63, 3.8) is 0 Å². The molecule has 1 fully saturated rings. The predicted octanol–water partition coefficient (Wildman–Crippen LogP) is 2.58. The molecule has 3 rings (SSSR count). The van der Waals surface area contributed by atoms with Gasteiger partial charge in [-0.25, -0.2) is 15.0 Å². The third-order valence-electron chi connectivity index (χ3n) is 4.02. The number of pyridine rings is 1. The zero-order chi connectivity index (χ0) is 16.9. The molecule has 2 aromatic heterocycles. The minimum absolute atomic E-state index is 0.440. The van der Waals surface area contributed by atoms with E-state index in [1.54, 1.807) is 6.20 Å². The number of halogens is 1. The van der Waals surface area contributed by atoms with Crippen LogP contribution < -0.4 is 0 Å². The molecule has 24 heavy (non-hydrogen) atoms. The molecule has 0 unspecified atom stereocenters. The number of thioether (sulfide) groups is 1. The van der Waals surface area contributed by atoms with E-state index in [0.717, 1.165) is 49.9 Å². The lowest BCUT2D eigenvalue weighted by atomic mass is 10.1. The number of ether oxygens (including phenoxy) is 1. The Kier molecular flexibility index (Phi) is 5.76. The van der Waals surface area contributed by atoms with Crippen molar-refractivity contribution < 1.29 is 9.13 Å². The highest BCUT2D eigenvalue weighted by atomic mass is 32.2. The first-order valence-electron chi connectivity index (χ1n) is 8.00. The standard InChI is InChI=1S/C17H21FN4OS/c1-12-20-15(10-16(21-12)24-2)14-9-13(11-19-17(14)18)3-4-22-5-7-23-8-6-22/h9-11H,3-8H2,1-2H3. The van der Waals surface area contributed by atoms with Crippen LogP contribution in [0.1, 0.15) is 11.4 Å². The number of aryl methyl sites for hydroxylation is 1. The van der Waals surface area contributed by atoms with Crippen LogP contribution in [0.15, 0.2) is 23.4 Å². The fraction of sp³-hybridized carbons (Fsp3) is 0.471. The van der Waals surface area contributed by atoms with E-state index in [0.29, 0.717) is 17.1 Å². The Morgan fingerprint density at radius 2 is 2.04 bits per heavy atom. The Labute approximate surface area is 145 Å². The zero-order valence-electron chi connectivity index (χ0n) is 14.0. The Balaban J connectivity index is 1.79. The van der Waals surface area contributed by atoms with Crippen molar-refractivity contribution in [2.24, 2.45) is 0 Å². The van der Waals surface area contributed by atoms with Gasteiger partial charge in [0.1, 0.15) is 10.9 Å². The summed E-state index contributed by atoms with van der Waals surface area (Å²) in [7, 11) is 0. The molecule has 1 aliphatic heterocycles. The Morgan fingerprint density at radius 1 is 1.25 bits per heavy atom. The monoisotopic (exact) mass is 348 g/mol. The van der Waals surface area contributed by atoms with Crippen molar-refractivity contribution in [3.05, 3.63) is 35.7 Å². The molecule has 7 heteroatoms. The summed E-state index contributed by atoms with van der Waals surface area (Å²) in [5, 5.41) is 0.829. The van der Waals surface area contributed by atoms with Gasteiger partial charge in [-0.05, 0) is 37.3 Å². The molecular weight excluding hydrogens is 327 g/mol. The molecule has 0 saturated carbocycles. The average molecular weight is 348 g/mol. The van der Waals surface area contributed by atoms with E-state index >= 15 is 0 Å². The first-order chi connectivity index (χ1) is 11.7. The van der Waals surface area contributed by atoms with Crippen LogP contribution in [-0.4, -0.2) is 59.0 Å². The maximum Gasteiger partial charge on any atom is 0.222 e. The van der Waals surface area contributed by atoms with E-state index in [1.165, 1.54) is 11.8 Å². The smallest absolute Gasteiger partial charge is 0.222 e. The highest BCUT2D eigenvalue weighted by molar-refractivity contribution is 7.98. The number of nitrogens with zero attached hydrogens (tertiary/aromatic N) is 4. The lowest BCUT2D eigenvalue weighted by molar-refractivity contribution is 0.0384. The lowest BCUT2D eigenvalue weighted by Gasteiger charge is -2.26. The average Bonchev–Trinajstić information content (AvgIpc) is 2.61. The molecular formula is C17H21FN4OS. The van der Waals surface area contributed by atoms with Gasteiger partial charge in [0.2, 0.25) is 5.95 Å². The molecule has 0 aliphatic carbocycles. The van der Waals surface area contributed by atoms with Crippen LogP contribution in [0, 0.1) is 12.9 Å². The summed E-state index contributed by atoms with van der Waals surface area (Å²) in [4.78, 5) is 15.0. The Bertz CT molecular complexity index is 707. The maximum absolute atomic E-state index is 14.2. The van der Waals surface area contributed by atoms with Gasteiger partial charge in [0, 0.05) is 25.8 Å². The molecule has 5 nitrogen and oxygen atoms in total. The van der Waals surface area contributed by atoms with Gasteiger partial charge in [-0.15, -0.1) is 11.8 Å². The number of hydrogen-bond acceptors (Lipinski definition) is 6. The fourth-order valence-corrected chi connectivity index (χ4v) is 3.16. The molecule has 0 N–H and O–H groups in total. The summed E-state index contributed by atoms with van der Waals surface area (Å²) in [5.74, 6) is 0.144. The van der Waals surface area contributed by atoms with Crippen LogP contribution in [0.25, 0.3) is 11.3 Å². The molecule has 1 aliphatic rings. The van der Waals surface area contributed by atoms with Crippen molar-refractivity contribution in [2.75, 3.05) is 39.1 Å². The van der Waals surface area contributed by atoms with E-state index in [4.69, 9.17) is 4.74 Å². The molecule has 128 valence electrons. The number of hydrogen-bond donors (Lipinski definition) is 0. The molecule has 2 aromatic rings. The van der Waals surface area contributed by atoms with Crippen LogP contribution in [0.5, 0.6) is 0 Å². The second-order valence-electron chi connectivity index (χ2n) is 5.73. The predicted molar refractivity (Wildman–Crippen MR) is 92.7 cm³/mol. The number of morpholine rings is 1. The van der Waals surface area contributed by atoms with E-state index in [1.807, 2.05) is 25.3 Å². The molecule has 0 bridgehead atoms. The van der Waals surface area contributed by atoms with Crippen LogP contribution in [0.4, 0.5) is 4.39 Å². The van der Waals surface area contributed by atoms with Crippen LogP contribution in [0.3, 0.4) is 0 Å². The third-order valence-corrected chi connectivity index (χ3v) is 4.64. The normalized spacial score (nSPS) is 15.6. The van der Waals surface area contributed by atoms with E-state index in [2.05, 4.69) is 19.9 Å². The fourth-order valence-electron chi connectivity index (χ4n) is 2.70. The zero-order valence-corrected chi connectivity index (χ0v) is 14.8. The van der Waals surface area contributed by atoms with Crippen molar-refractivity contribution in [2.45, 2.75) is 18.4 Å². The summed E-state index contributed by atoms with van der Waals surface area (Å²) in [5.41, 5.74) is 2.04. The summed E-state index contributed by atoms with van der Waals surface area (Å²) in [6.45, 7) is 6.20. The van der Waals surface area contributed by atoms with Gasteiger partial charge in [0.15, 0.2) is 0 Å². The van der Waals surface area contributed by atoms with Crippen molar-refractivity contribution in [3.8, 4) is 11.3 Å². The van der Waals surface area contributed by atoms with Crippen molar-refractivity contribution in [1.82, 2.24) is 19.9 Å². The van der Waals surface area contributed by atoms with Gasteiger partial charge < -0.3 is 4.74 Å². The maximum atomic E-state index is 14.2. The highest BCUT2D eigenvalue weighted by Gasteiger charge is 2.14. The van der Waals surface area contributed by atoms with Gasteiger partial charge in [0.05, 0.1) is 24.5 Å². The van der Waals surface area contributed by atoms with Crippen molar-refractivity contribution >= 4 is 11.8 Å². The Morgan fingerprint density at radius 3 is 2.79 bits per heavy atom. The number of aromatic nitrogens is 3. The summed E-state index contributed by atoms with van der Waals surface area (Å²) in [6.07, 6.45) is 4.39. The second kappa shape index (κ2) is 8.00. The molecule has 0 spiro atoms. The van der Waals surface area contributed by atoms with Gasteiger partial charge in [-0.3, -0.25) is 4.90 Å². The minimum Gasteiger partial charge on any atom is -0.379 e. The highest BCUT2D eigenvalue weighted by Crippen LogP contribution is 2.24. The number of rotatable bonds is 5. The molecule has 0 radical (unpaired) electrons. The SMILES string of the molecule is CSc1cc(-c2cc(CCN3CCOCC3)cnc2F)nc(C)n1. The molecule has 3 heterocycles. The lowest BCUT2D eigenvalue weighted by Crippen LogP contribution is -2.37. The van der Waals surface area contributed by atoms with Gasteiger partial charge >= 0.3 is 0 Å².